The largest absolute Gasteiger partial charge is 0.426 e. The monoisotopic (exact) mass is 299 g/mol. The molecule has 17 heavy (non-hydrogen) atoms. The Morgan fingerprint density at radius 2 is 1.76 bits per heavy atom. The summed E-state index contributed by atoms with van der Waals surface area (Å²) in [6.45, 7) is 4.85. The van der Waals surface area contributed by atoms with Crippen molar-refractivity contribution >= 4 is 33.5 Å². The van der Waals surface area contributed by atoms with Crippen LogP contribution in [-0.4, -0.2) is 16.2 Å². The van der Waals surface area contributed by atoms with Crippen LogP contribution in [0, 0.1) is 0 Å². The number of ether oxygens (including phenoxy) is 1. The Balaban J connectivity index is 2.69. The number of anilines is 1. The molecule has 0 saturated heterocycles. The van der Waals surface area contributed by atoms with Gasteiger partial charge in [-0.3, -0.25) is 9.59 Å². The van der Waals surface area contributed by atoms with Gasteiger partial charge in [-0.2, -0.15) is 0 Å². The van der Waals surface area contributed by atoms with E-state index in [1.165, 1.54) is 6.92 Å². The summed E-state index contributed by atoms with van der Waals surface area (Å²) in [6, 6.07) is 6.60. The summed E-state index contributed by atoms with van der Waals surface area (Å²) >= 11 is 3.22. The van der Waals surface area contributed by atoms with E-state index in [0.717, 1.165) is 0 Å². The number of alkyl halides is 1. The predicted molar refractivity (Wildman–Crippen MR) is 69.4 cm³/mol. The average Bonchev–Trinajstić information content (AvgIpc) is 2.18. The molecule has 0 spiro atoms. The predicted octanol–water partition coefficient (Wildman–Crippen LogP) is 2.72. The average molecular weight is 300 g/mol. The van der Waals surface area contributed by atoms with Crippen LogP contribution in [0.2, 0.25) is 0 Å². The summed E-state index contributed by atoms with van der Waals surface area (Å²) in [7, 11) is 0. The van der Waals surface area contributed by atoms with Crippen LogP contribution < -0.4 is 10.1 Å². The molecule has 1 N–H and O–H groups in total. The quantitative estimate of drug-likeness (QED) is 0.530. The number of amides is 1. The molecule has 0 aromatic heterocycles. The van der Waals surface area contributed by atoms with E-state index >= 15 is 0 Å². The van der Waals surface area contributed by atoms with Gasteiger partial charge in [0.2, 0.25) is 5.91 Å². The fourth-order valence-electron chi connectivity index (χ4n) is 1.04. The molecule has 92 valence electrons. The van der Waals surface area contributed by atoms with Gasteiger partial charge in [-0.05, 0) is 38.1 Å². The first-order valence-corrected chi connectivity index (χ1v) is 5.87. The van der Waals surface area contributed by atoms with E-state index in [-0.39, 0.29) is 11.9 Å². The number of benzene rings is 1. The minimum Gasteiger partial charge on any atom is -0.426 e. The molecule has 1 aromatic rings. The van der Waals surface area contributed by atoms with Crippen molar-refractivity contribution in [2.45, 2.75) is 25.1 Å². The highest BCUT2D eigenvalue weighted by Crippen LogP contribution is 2.21. The van der Waals surface area contributed by atoms with Crippen LogP contribution in [0.15, 0.2) is 24.3 Å². The lowest BCUT2D eigenvalue weighted by Crippen LogP contribution is -2.29. The number of carbonyl (C=O) groups is 2. The van der Waals surface area contributed by atoms with Gasteiger partial charge < -0.3 is 10.1 Å². The molecule has 4 nitrogen and oxygen atoms in total. The van der Waals surface area contributed by atoms with Crippen molar-refractivity contribution in [3.05, 3.63) is 24.3 Å². The van der Waals surface area contributed by atoms with Crippen LogP contribution in [-0.2, 0) is 9.59 Å². The first-order chi connectivity index (χ1) is 7.79. The van der Waals surface area contributed by atoms with Crippen molar-refractivity contribution in [2.75, 3.05) is 5.32 Å². The minimum absolute atomic E-state index is 0.142. The van der Waals surface area contributed by atoms with Crippen molar-refractivity contribution in [2.24, 2.45) is 0 Å². The fraction of sp³-hybridized carbons (Fsp3) is 0.333. The lowest BCUT2D eigenvalue weighted by molar-refractivity contribution is -0.136. The molecular weight excluding hydrogens is 286 g/mol. The second-order valence-electron chi connectivity index (χ2n) is 4.07. The van der Waals surface area contributed by atoms with Gasteiger partial charge in [-0.25, -0.2) is 0 Å². The molecular formula is C12H14BrNO3. The number of rotatable bonds is 3. The van der Waals surface area contributed by atoms with Gasteiger partial charge in [0.1, 0.15) is 10.1 Å². The molecule has 0 aliphatic carbocycles. The second-order valence-corrected chi connectivity index (χ2v) is 6.05. The molecule has 5 heteroatoms. The van der Waals surface area contributed by atoms with Crippen molar-refractivity contribution in [3.63, 3.8) is 0 Å². The first kappa shape index (κ1) is 13.7. The number of esters is 1. The van der Waals surface area contributed by atoms with Gasteiger partial charge >= 0.3 is 5.97 Å². The van der Waals surface area contributed by atoms with Crippen molar-refractivity contribution in [3.8, 4) is 5.75 Å². The van der Waals surface area contributed by atoms with Crippen LogP contribution >= 0.6 is 15.9 Å². The van der Waals surface area contributed by atoms with E-state index in [9.17, 15) is 9.59 Å². The third kappa shape index (κ3) is 4.56. The van der Waals surface area contributed by atoms with E-state index in [1.807, 2.05) is 0 Å². The number of hydrogen-bond donors (Lipinski definition) is 1. The number of nitrogens with one attached hydrogen (secondary N) is 1. The summed E-state index contributed by atoms with van der Waals surface area (Å²) in [5, 5.41) is 2.63. The van der Waals surface area contributed by atoms with E-state index in [0.29, 0.717) is 11.4 Å². The van der Waals surface area contributed by atoms with E-state index in [4.69, 9.17) is 4.74 Å². The Labute approximate surface area is 108 Å². The zero-order valence-electron chi connectivity index (χ0n) is 9.91. The second kappa shape index (κ2) is 5.31. The normalized spacial score (nSPS) is 10.8. The number of carbonyl (C=O) groups excluding carboxylic acids is 2. The summed E-state index contributed by atoms with van der Waals surface area (Å²) in [5.74, 6) is -0.0715. The highest BCUT2D eigenvalue weighted by Gasteiger charge is 2.25. The molecule has 0 atom stereocenters. The third-order valence-electron chi connectivity index (χ3n) is 1.87. The summed E-state index contributed by atoms with van der Waals surface area (Å²) < 4.78 is 4.42. The molecule has 0 unspecified atom stereocenters. The minimum atomic E-state index is -0.719. The van der Waals surface area contributed by atoms with Crippen molar-refractivity contribution < 1.29 is 14.3 Å². The Hall–Kier alpha value is -1.36. The smallest absolute Gasteiger partial charge is 0.327 e. The number of hydrogen-bond acceptors (Lipinski definition) is 3. The molecule has 0 fully saturated rings. The molecule has 1 rings (SSSR count). The van der Waals surface area contributed by atoms with E-state index in [1.54, 1.807) is 38.1 Å². The molecule has 0 bridgehead atoms. The molecule has 0 radical (unpaired) electrons. The molecule has 1 aromatic carbocycles. The van der Waals surface area contributed by atoms with Crippen molar-refractivity contribution in [1.29, 1.82) is 0 Å². The summed E-state index contributed by atoms with van der Waals surface area (Å²) in [4.78, 5) is 22.4. The van der Waals surface area contributed by atoms with Crippen LogP contribution in [0.1, 0.15) is 20.8 Å². The zero-order valence-corrected chi connectivity index (χ0v) is 11.5. The lowest BCUT2D eigenvalue weighted by atomic mass is 10.2. The Bertz CT molecular complexity index is 420. The van der Waals surface area contributed by atoms with Gasteiger partial charge in [0.15, 0.2) is 0 Å². The summed E-state index contributed by atoms with van der Waals surface area (Å²) in [6.07, 6.45) is 0. The molecule has 0 heterocycles. The fourth-order valence-corrected chi connectivity index (χ4v) is 1.12. The lowest BCUT2D eigenvalue weighted by Gasteiger charge is -2.14. The maximum atomic E-state index is 11.6. The van der Waals surface area contributed by atoms with Gasteiger partial charge in [0.05, 0.1) is 0 Å². The van der Waals surface area contributed by atoms with Gasteiger partial charge in [-0.15, -0.1) is 0 Å². The molecule has 0 aliphatic heterocycles. The molecule has 1 amide bonds. The maximum Gasteiger partial charge on any atom is 0.327 e. The van der Waals surface area contributed by atoms with Crippen LogP contribution in [0.5, 0.6) is 5.75 Å². The highest BCUT2D eigenvalue weighted by atomic mass is 79.9. The van der Waals surface area contributed by atoms with Crippen molar-refractivity contribution in [1.82, 2.24) is 0 Å². The molecule has 0 saturated carbocycles. The standard InChI is InChI=1S/C12H14BrNO3/c1-8(15)14-9-4-6-10(7-5-9)17-11(16)12(2,3)13/h4-7H,1-3H3,(H,14,15). The van der Waals surface area contributed by atoms with Crippen LogP contribution in [0.3, 0.4) is 0 Å². The highest BCUT2D eigenvalue weighted by molar-refractivity contribution is 9.10. The topological polar surface area (TPSA) is 55.4 Å². The summed E-state index contributed by atoms with van der Waals surface area (Å²) in [5.41, 5.74) is 0.662. The van der Waals surface area contributed by atoms with Gasteiger partial charge in [0.25, 0.3) is 0 Å². The van der Waals surface area contributed by atoms with Gasteiger partial charge in [0, 0.05) is 12.6 Å². The number of halogens is 1. The first-order valence-electron chi connectivity index (χ1n) is 5.08. The van der Waals surface area contributed by atoms with Crippen LogP contribution in [0.4, 0.5) is 5.69 Å². The Morgan fingerprint density at radius 1 is 1.24 bits per heavy atom. The van der Waals surface area contributed by atoms with Gasteiger partial charge in [-0.1, -0.05) is 15.9 Å². The Morgan fingerprint density at radius 3 is 2.18 bits per heavy atom. The van der Waals surface area contributed by atoms with E-state index in [2.05, 4.69) is 21.2 Å². The molecule has 0 aliphatic rings. The third-order valence-corrected chi connectivity index (χ3v) is 2.19. The van der Waals surface area contributed by atoms with Crippen LogP contribution in [0.25, 0.3) is 0 Å². The van der Waals surface area contributed by atoms with E-state index < -0.39 is 4.32 Å². The Kier molecular flexibility index (Phi) is 4.28. The maximum absolute atomic E-state index is 11.6. The zero-order chi connectivity index (χ0) is 13.1. The SMILES string of the molecule is CC(=O)Nc1ccc(OC(=O)C(C)(C)Br)cc1.